The van der Waals surface area contributed by atoms with E-state index in [-0.39, 0.29) is 0 Å². The fourth-order valence-electron chi connectivity index (χ4n) is 7.02. The van der Waals surface area contributed by atoms with Crippen LogP contribution < -0.4 is 0 Å². The molecule has 222 valence electrons. The van der Waals surface area contributed by atoms with E-state index in [1.54, 1.807) is 22.7 Å². The quantitative estimate of drug-likeness (QED) is 0.191. The van der Waals surface area contributed by atoms with Crippen LogP contribution in [-0.2, 0) is 0 Å². The second-order valence-corrected chi connectivity index (χ2v) is 14.0. The molecule has 7 aromatic carbocycles. The lowest BCUT2D eigenvalue weighted by Crippen LogP contribution is -1.99. The SMILES string of the molecule is N#Cc1ccccc1-c1cc(-c2ccc3sc4ccccc4c3c2)c(-c2ccccc2)c(-c2ccc3sc4ccccc4c3c2)c1C#N. The molecule has 4 heteroatoms. The Balaban J connectivity index is 1.45. The van der Waals surface area contributed by atoms with E-state index in [1.807, 2.05) is 30.3 Å². The average Bonchev–Trinajstić information content (AvgIpc) is 3.72. The Morgan fingerprint density at radius 1 is 0.375 bits per heavy atom. The largest absolute Gasteiger partial charge is 0.192 e. The van der Waals surface area contributed by atoms with E-state index in [1.165, 1.54) is 40.3 Å². The number of fused-ring (bicyclic) bond motifs is 6. The summed E-state index contributed by atoms with van der Waals surface area (Å²) in [6.07, 6.45) is 0. The maximum atomic E-state index is 11.1. The number of hydrogen-bond donors (Lipinski definition) is 0. The van der Waals surface area contributed by atoms with Crippen molar-refractivity contribution in [3.63, 3.8) is 0 Å². The smallest absolute Gasteiger partial charge is 0.100 e. The van der Waals surface area contributed by atoms with E-state index < -0.39 is 0 Å². The van der Waals surface area contributed by atoms with Gasteiger partial charge in [-0.1, -0.05) is 97.1 Å². The van der Waals surface area contributed by atoms with Crippen LogP contribution in [0, 0.1) is 22.7 Å². The molecule has 0 aliphatic heterocycles. The normalized spacial score (nSPS) is 11.3. The summed E-state index contributed by atoms with van der Waals surface area (Å²) in [5.41, 5.74) is 8.56. The molecule has 0 fully saturated rings. The third-order valence-electron chi connectivity index (χ3n) is 9.19. The first-order chi connectivity index (χ1) is 23.7. The number of benzene rings is 7. The third kappa shape index (κ3) is 4.43. The van der Waals surface area contributed by atoms with E-state index in [0.717, 1.165) is 44.5 Å². The van der Waals surface area contributed by atoms with Crippen LogP contribution in [0.3, 0.4) is 0 Å². The molecule has 48 heavy (non-hydrogen) atoms. The van der Waals surface area contributed by atoms with Gasteiger partial charge in [-0.15, -0.1) is 22.7 Å². The van der Waals surface area contributed by atoms with Gasteiger partial charge in [0.05, 0.1) is 17.2 Å². The number of rotatable bonds is 4. The highest BCUT2D eigenvalue weighted by Crippen LogP contribution is 2.49. The highest BCUT2D eigenvalue weighted by Gasteiger charge is 2.24. The Hall–Kier alpha value is -6.04. The molecular weight excluding hydrogens is 621 g/mol. The molecule has 0 aliphatic rings. The lowest BCUT2D eigenvalue weighted by molar-refractivity contribution is 1.45. The molecular formula is C44H24N2S2. The summed E-state index contributed by atoms with van der Waals surface area (Å²) in [4.78, 5) is 0. The molecule has 0 aliphatic carbocycles. The van der Waals surface area contributed by atoms with Crippen molar-refractivity contribution in [3.05, 3.63) is 157 Å². The predicted molar refractivity (Wildman–Crippen MR) is 203 cm³/mol. The van der Waals surface area contributed by atoms with Crippen molar-refractivity contribution < 1.29 is 0 Å². The van der Waals surface area contributed by atoms with E-state index in [9.17, 15) is 10.5 Å². The molecule has 0 saturated carbocycles. The zero-order valence-corrected chi connectivity index (χ0v) is 27.2. The predicted octanol–water partition coefficient (Wildman–Crippen LogP) is 12.8. The summed E-state index contributed by atoms with van der Waals surface area (Å²) in [5.74, 6) is 0. The zero-order chi connectivity index (χ0) is 32.2. The minimum atomic E-state index is 0.539. The monoisotopic (exact) mass is 644 g/mol. The van der Waals surface area contributed by atoms with Crippen molar-refractivity contribution in [2.45, 2.75) is 0 Å². The molecule has 2 aromatic heterocycles. The maximum absolute atomic E-state index is 11.1. The standard InChI is InChI=1S/C44H24N2S2/c45-25-30-12-4-5-13-31(30)35-24-34(28-18-20-41-36(22-28)32-14-6-8-16-39(32)47-41)43(27-10-2-1-3-11-27)44(38(35)26-46)29-19-21-42-37(23-29)33-15-7-9-17-40(33)48-42/h1-24H. The van der Waals surface area contributed by atoms with Gasteiger partial charge in [0.2, 0.25) is 0 Å². The van der Waals surface area contributed by atoms with E-state index in [0.29, 0.717) is 11.1 Å². The summed E-state index contributed by atoms with van der Waals surface area (Å²) in [6, 6.07) is 55.5. The molecule has 0 N–H and O–H groups in total. The van der Waals surface area contributed by atoms with Crippen LogP contribution in [0.4, 0.5) is 0 Å². The highest BCUT2D eigenvalue weighted by molar-refractivity contribution is 7.26. The van der Waals surface area contributed by atoms with Crippen LogP contribution >= 0.6 is 22.7 Å². The van der Waals surface area contributed by atoms with E-state index >= 15 is 0 Å². The van der Waals surface area contributed by atoms with Gasteiger partial charge in [-0.2, -0.15) is 10.5 Å². The minimum Gasteiger partial charge on any atom is -0.192 e. The second kappa shape index (κ2) is 11.3. The van der Waals surface area contributed by atoms with E-state index in [2.05, 4.69) is 127 Å². The molecule has 9 aromatic rings. The van der Waals surface area contributed by atoms with Gasteiger partial charge in [0, 0.05) is 57.0 Å². The molecule has 0 radical (unpaired) electrons. The molecule has 0 bridgehead atoms. The number of nitrogens with zero attached hydrogens (tertiary/aromatic N) is 2. The second-order valence-electron chi connectivity index (χ2n) is 11.9. The summed E-state index contributed by atoms with van der Waals surface area (Å²) >= 11 is 3.59. The van der Waals surface area contributed by atoms with Crippen molar-refractivity contribution in [3.8, 4) is 56.6 Å². The molecule has 0 amide bonds. The van der Waals surface area contributed by atoms with Gasteiger partial charge in [-0.25, -0.2) is 0 Å². The van der Waals surface area contributed by atoms with Crippen molar-refractivity contribution in [1.29, 1.82) is 10.5 Å². The van der Waals surface area contributed by atoms with Gasteiger partial charge in [0.1, 0.15) is 6.07 Å². The van der Waals surface area contributed by atoms with Gasteiger partial charge in [-0.3, -0.25) is 0 Å². The molecule has 0 unspecified atom stereocenters. The summed E-state index contributed by atoms with van der Waals surface area (Å²) in [7, 11) is 0. The molecule has 9 rings (SSSR count). The highest BCUT2D eigenvalue weighted by atomic mass is 32.1. The van der Waals surface area contributed by atoms with Crippen molar-refractivity contribution in [2.75, 3.05) is 0 Å². The van der Waals surface area contributed by atoms with Crippen LogP contribution in [0.5, 0.6) is 0 Å². The lowest BCUT2D eigenvalue weighted by atomic mass is 9.80. The fourth-order valence-corrected chi connectivity index (χ4v) is 9.20. The molecule has 2 nitrogen and oxygen atoms in total. The third-order valence-corrected chi connectivity index (χ3v) is 11.5. The summed E-state index contributed by atoms with van der Waals surface area (Å²) in [5, 5.41) is 26.1. The van der Waals surface area contributed by atoms with Crippen LogP contribution in [0.1, 0.15) is 11.1 Å². The topological polar surface area (TPSA) is 47.6 Å². The van der Waals surface area contributed by atoms with Gasteiger partial charge >= 0.3 is 0 Å². The van der Waals surface area contributed by atoms with Crippen LogP contribution in [0.15, 0.2) is 146 Å². The first-order valence-corrected chi connectivity index (χ1v) is 17.3. The Labute approximate surface area is 285 Å². The molecule has 0 saturated heterocycles. The Bertz CT molecular complexity index is 2810. The zero-order valence-electron chi connectivity index (χ0n) is 25.6. The number of nitriles is 2. The Kier molecular flexibility index (Phi) is 6.66. The minimum absolute atomic E-state index is 0.539. The first-order valence-electron chi connectivity index (χ1n) is 15.7. The van der Waals surface area contributed by atoms with Gasteiger partial charge in [0.25, 0.3) is 0 Å². The van der Waals surface area contributed by atoms with Crippen molar-refractivity contribution >= 4 is 63.0 Å². The van der Waals surface area contributed by atoms with E-state index in [4.69, 9.17) is 0 Å². The van der Waals surface area contributed by atoms with Crippen molar-refractivity contribution in [1.82, 2.24) is 0 Å². The Morgan fingerprint density at radius 3 is 1.60 bits per heavy atom. The van der Waals surface area contributed by atoms with Gasteiger partial charge < -0.3 is 0 Å². The average molecular weight is 645 g/mol. The van der Waals surface area contributed by atoms with Crippen molar-refractivity contribution in [2.24, 2.45) is 0 Å². The maximum Gasteiger partial charge on any atom is 0.100 e. The fraction of sp³-hybridized carbons (Fsp3) is 0. The molecule has 2 heterocycles. The molecule has 0 atom stereocenters. The first kappa shape index (κ1) is 28.2. The number of thiophene rings is 2. The van der Waals surface area contributed by atoms with Crippen LogP contribution in [-0.4, -0.2) is 0 Å². The Morgan fingerprint density at radius 2 is 0.938 bits per heavy atom. The number of hydrogen-bond acceptors (Lipinski definition) is 4. The van der Waals surface area contributed by atoms with Crippen LogP contribution in [0.2, 0.25) is 0 Å². The van der Waals surface area contributed by atoms with Crippen LogP contribution in [0.25, 0.3) is 84.9 Å². The van der Waals surface area contributed by atoms with Gasteiger partial charge in [-0.05, 0) is 76.3 Å². The van der Waals surface area contributed by atoms with Gasteiger partial charge in [0.15, 0.2) is 0 Å². The summed E-state index contributed by atoms with van der Waals surface area (Å²) < 4.78 is 4.94. The lowest BCUT2D eigenvalue weighted by Gasteiger charge is -2.22. The summed E-state index contributed by atoms with van der Waals surface area (Å²) in [6.45, 7) is 0. The molecule has 0 spiro atoms.